The van der Waals surface area contributed by atoms with Crippen molar-refractivity contribution in [2.75, 3.05) is 32.7 Å². The summed E-state index contributed by atoms with van der Waals surface area (Å²) in [5.41, 5.74) is 2.65. The first-order chi connectivity index (χ1) is 13.7. The van der Waals surface area contributed by atoms with Crippen LogP contribution in [-0.2, 0) is 14.8 Å². The van der Waals surface area contributed by atoms with Crippen LogP contribution in [0, 0.1) is 26.7 Å². The number of carbonyl (C=O) groups excluding carboxylic acids is 1. The number of aryl methyl sites for hydroxylation is 3. The lowest BCUT2D eigenvalue weighted by Gasteiger charge is -2.32. The van der Waals surface area contributed by atoms with E-state index in [9.17, 15) is 13.2 Å². The zero-order valence-electron chi connectivity index (χ0n) is 18.2. The Morgan fingerprint density at radius 2 is 1.69 bits per heavy atom. The Bertz CT molecular complexity index is 822. The molecule has 6 nitrogen and oxygen atoms in total. The molecule has 1 N–H and O–H groups in total. The SMILES string of the molecule is CCN1CCCC1CNC(=O)C1CCN(S(=O)(=O)c2c(C)cc(C)cc2C)CC1. The summed E-state index contributed by atoms with van der Waals surface area (Å²) in [7, 11) is -3.53. The maximum atomic E-state index is 13.2. The van der Waals surface area contributed by atoms with Crippen molar-refractivity contribution in [1.82, 2.24) is 14.5 Å². The van der Waals surface area contributed by atoms with E-state index in [-0.39, 0.29) is 11.8 Å². The number of hydrogen-bond donors (Lipinski definition) is 1. The molecule has 1 aromatic rings. The molecule has 1 amide bonds. The van der Waals surface area contributed by atoms with Crippen molar-refractivity contribution >= 4 is 15.9 Å². The van der Waals surface area contributed by atoms with Gasteiger partial charge in [0.1, 0.15) is 0 Å². The van der Waals surface area contributed by atoms with Crippen LogP contribution in [0.15, 0.2) is 17.0 Å². The highest BCUT2D eigenvalue weighted by Crippen LogP contribution is 2.29. The number of likely N-dealkylation sites (tertiary alicyclic amines) is 1. The monoisotopic (exact) mass is 421 g/mol. The number of nitrogens with one attached hydrogen (secondary N) is 1. The quantitative estimate of drug-likeness (QED) is 0.767. The highest BCUT2D eigenvalue weighted by Gasteiger charge is 2.34. The minimum Gasteiger partial charge on any atom is -0.354 e. The van der Waals surface area contributed by atoms with Gasteiger partial charge in [-0.15, -0.1) is 0 Å². The molecule has 1 atom stereocenters. The Morgan fingerprint density at radius 1 is 1.07 bits per heavy atom. The van der Waals surface area contributed by atoms with Crippen LogP contribution < -0.4 is 5.32 Å². The first-order valence-corrected chi connectivity index (χ1v) is 12.3. The average molecular weight is 422 g/mol. The predicted octanol–water partition coefficient (Wildman–Crippen LogP) is 2.61. The van der Waals surface area contributed by atoms with Crippen LogP contribution in [0.3, 0.4) is 0 Å². The van der Waals surface area contributed by atoms with E-state index < -0.39 is 10.0 Å². The smallest absolute Gasteiger partial charge is 0.243 e. The molecule has 2 heterocycles. The summed E-state index contributed by atoms with van der Waals surface area (Å²) in [5.74, 6) is -0.0224. The molecule has 0 radical (unpaired) electrons. The van der Waals surface area contributed by atoms with Gasteiger partial charge in [-0.1, -0.05) is 24.6 Å². The van der Waals surface area contributed by atoms with Crippen molar-refractivity contribution in [2.24, 2.45) is 5.92 Å². The van der Waals surface area contributed by atoms with Crippen molar-refractivity contribution in [3.8, 4) is 0 Å². The lowest BCUT2D eigenvalue weighted by atomic mass is 9.97. The molecule has 3 rings (SSSR count). The van der Waals surface area contributed by atoms with Gasteiger partial charge in [0.05, 0.1) is 4.90 Å². The summed E-state index contributed by atoms with van der Waals surface area (Å²) in [6.45, 7) is 11.5. The van der Waals surface area contributed by atoms with Gasteiger partial charge in [0.15, 0.2) is 0 Å². The normalized spacial score (nSPS) is 22.1. The Labute approximate surface area is 175 Å². The second kappa shape index (κ2) is 9.14. The third kappa shape index (κ3) is 4.84. The van der Waals surface area contributed by atoms with Gasteiger partial charge in [0.2, 0.25) is 15.9 Å². The van der Waals surface area contributed by atoms with Gasteiger partial charge in [-0.25, -0.2) is 8.42 Å². The van der Waals surface area contributed by atoms with Gasteiger partial charge >= 0.3 is 0 Å². The van der Waals surface area contributed by atoms with Crippen LogP contribution in [-0.4, -0.2) is 62.3 Å². The molecule has 0 aromatic heterocycles. The Morgan fingerprint density at radius 3 is 2.28 bits per heavy atom. The second-order valence-electron chi connectivity index (χ2n) is 8.58. The lowest BCUT2D eigenvalue weighted by molar-refractivity contribution is -0.126. The van der Waals surface area contributed by atoms with Crippen LogP contribution in [0.4, 0.5) is 0 Å². The number of hydrogen-bond acceptors (Lipinski definition) is 4. The van der Waals surface area contributed by atoms with Gasteiger partial charge in [0.25, 0.3) is 0 Å². The van der Waals surface area contributed by atoms with E-state index in [2.05, 4.69) is 17.1 Å². The predicted molar refractivity (Wildman–Crippen MR) is 115 cm³/mol. The standard InChI is InChI=1S/C22H35N3O3S/c1-5-24-10-6-7-20(24)15-23-22(26)19-8-11-25(12-9-19)29(27,28)21-17(3)13-16(2)14-18(21)4/h13-14,19-20H,5-12,15H2,1-4H3,(H,23,26). The maximum Gasteiger partial charge on any atom is 0.243 e. The minimum atomic E-state index is -3.53. The molecule has 29 heavy (non-hydrogen) atoms. The number of piperidine rings is 1. The molecular weight excluding hydrogens is 386 g/mol. The lowest BCUT2D eigenvalue weighted by Crippen LogP contribution is -2.46. The molecule has 2 aliphatic rings. The van der Waals surface area contributed by atoms with Gasteiger partial charge < -0.3 is 5.32 Å². The number of nitrogens with zero attached hydrogens (tertiary/aromatic N) is 2. The van der Waals surface area contributed by atoms with E-state index in [0.717, 1.165) is 36.2 Å². The van der Waals surface area contributed by atoms with Crippen molar-refractivity contribution in [2.45, 2.75) is 64.3 Å². The fraction of sp³-hybridized carbons (Fsp3) is 0.682. The highest BCUT2D eigenvalue weighted by molar-refractivity contribution is 7.89. The van der Waals surface area contributed by atoms with E-state index in [1.807, 2.05) is 32.9 Å². The van der Waals surface area contributed by atoms with Crippen molar-refractivity contribution in [3.63, 3.8) is 0 Å². The van der Waals surface area contributed by atoms with E-state index in [0.29, 0.717) is 43.4 Å². The summed E-state index contributed by atoms with van der Waals surface area (Å²) in [5, 5.41) is 3.12. The minimum absolute atomic E-state index is 0.0766. The van der Waals surface area contributed by atoms with Crippen molar-refractivity contribution in [1.29, 1.82) is 0 Å². The van der Waals surface area contributed by atoms with Gasteiger partial charge in [-0.3, -0.25) is 9.69 Å². The van der Waals surface area contributed by atoms with Crippen LogP contribution in [0.2, 0.25) is 0 Å². The fourth-order valence-corrected chi connectivity index (χ4v) is 6.85. The van der Waals surface area contributed by atoms with Gasteiger partial charge in [-0.2, -0.15) is 4.31 Å². The topological polar surface area (TPSA) is 69.7 Å². The maximum absolute atomic E-state index is 13.2. The molecule has 7 heteroatoms. The molecule has 0 bridgehead atoms. The number of amides is 1. The van der Waals surface area contributed by atoms with E-state index >= 15 is 0 Å². The zero-order valence-corrected chi connectivity index (χ0v) is 19.0. The summed E-state index contributed by atoms with van der Waals surface area (Å²) in [6, 6.07) is 4.28. The van der Waals surface area contributed by atoms with Crippen molar-refractivity contribution in [3.05, 3.63) is 28.8 Å². The molecular formula is C22H35N3O3S. The zero-order chi connectivity index (χ0) is 21.2. The Kier molecular flexibility index (Phi) is 7.02. The second-order valence-corrected chi connectivity index (χ2v) is 10.5. The number of likely N-dealkylation sites (N-methyl/N-ethyl adjacent to an activating group) is 1. The van der Waals surface area contributed by atoms with Gasteiger partial charge in [0, 0.05) is 31.6 Å². The van der Waals surface area contributed by atoms with Gasteiger partial charge in [-0.05, 0) is 70.7 Å². The average Bonchev–Trinajstić information content (AvgIpc) is 3.12. The summed E-state index contributed by atoms with van der Waals surface area (Å²) in [6.07, 6.45) is 3.50. The highest BCUT2D eigenvalue weighted by atomic mass is 32.2. The number of benzene rings is 1. The van der Waals surface area contributed by atoms with E-state index in [1.54, 1.807) is 4.31 Å². The number of carbonyl (C=O) groups is 1. The molecule has 2 fully saturated rings. The molecule has 0 spiro atoms. The molecule has 162 valence electrons. The van der Waals surface area contributed by atoms with E-state index in [4.69, 9.17) is 0 Å². The molecule has 1 unspecified atom stereocenters. The Balaban J connectivity index is 1.58. The molecule has 2 aliphatic heterocycles. The number of rotatable bonds is 6. The fourth-order valence-electron chi connectivity index (χ4n) is 4.97. The van der Waals surface area contributed by atoms with Crippen LogP contribution in [0.5, 0.6) is 0 Å². The first kappa shape index (κ1) is 22.2. The Hall–Kier alpha value is -1.44. The molecule has 1 aromatic carbocycles. The molecule has 2 saturated heterocycles. The summed E-state index contributed by atoms with van der Waals surface area (Å²) < 4.78 is 28.0. The van der Waals surface area contributed by atoms with Crippen LogP contribution in [0.1, 0.15) is 49.3 Å². The largest absolute Gasteiger partial charge is 0.354 e. The summed E-state index contributed by atoms with van der Waals surface area (Å²) in [4.78, 5) is 15.5. The van der Waals surface area contributed by atoms with Crippen LogP contribution >= 0.6 is 0 Å². The molecule has 0 aliphatic carbocycles. The molecule has 0 saturated carbocycles. The van der Waals surface area contributed by atoms with Crippen molar-refractivity contribution < 1.29 is 13.2 Å². The first-order valence-electron chi connectivity index (χ1n) is 10.8. The van der Waals surface area contributed by atoms with Crippen LogP contribution in [0.25, 0.3) is 0 Å². The third-order valence-electron chi connectivity index (χ3n) is 6.44. The summed E-state index contributed by atoms with van der Waals surface area (Å²) >= 11 is 0. The third-order valence-corrected chi connectivity index (χ3v) is 8.65. The van der Waals surface area contributed by atoms with E-state index in [1.165, 1.54) is 6.42 Å². The number of sulfonamides is 1.